The Hall–Kier alpha value is -3.58. The Kier molecular flexibility index (Phi) is 6.11. The van der Waals surface area contributed by atoms with E-state index >= 15 is 0 Å². The number of dihydropyridines is 1. The molecule has 1 amide bonds. The van der Waals surface area contributed by atoms with E-state index in [0.29, 0.717) is 23.4 Å². The maximum Gasteiger partial charge on any atom is 0.255 e. The summed E-state index contributed by atoms with van der Waals surface area (Å²) in [7, 11) is 0. The number of H-pyrrole nitrogens is 1. The van der Waals surface area contributed by atoms with Crippen molar-refractivity contribution in [2.75, 3.05) is 5.32 Å². The molecule has 0 saturated carbocycles. The molecule has 170 valence electrons. The lowest BCUT2D eigenvalue weighted by molar-refractivity contribution is -0.391. The van der Waals surface area contributed by atoms with E-state index in [-0.39, 0.29) is 17.6 Å². The van der Waals surface area contributed by atoms with E-state index in [9.17, 15) is 9.59 Å². The molecule has 0 bridgehead atoms. The molecule has 2 aromatic heterocycles. The second-order valence-electron chi connectivity index (χ2n) is 8.56. The number of anilines is 1. The molecule has 2 unspecified atom stereocenters. The van der Waals surface area contributed by atoms with Gasteiger partial charge in [0, 0.05) is 46.2 Å². The fourth-order valence-electron chi connectivity index (χ4n) is 4.83. The fraction of sp³-hybridized carbons (Fsp3) is 0.185. The number of ketones is 1. The number of rotatable bonds is 4. The minimum atomic E-state index is -0.489. The van der Waals surface area contributed by atoms with E-state index in [4.69, 9.17) is 0 Å². The van der Waals surface area contributed by atoms with Crippen LogP contribution in [0.15, 0.2) is 100 Å². The van der Waals surface area contributed by atoms with Gasteiger partial charge in [-0.2, -0.15) is 0 Å². The minimum absolute atomic E-state index is 0.0597. The van der Waals surface area contributed by atoms with E-state index < -0.39 is 5.92 Å². The predicted molar refractivity (Wildman–Crippen MR) is 133 cm³/mol. The molecule has 3 N–H and O–H groups in total. The van der Waals surface area contributed by atoms with Gasteiger partial charge in [-0.3, -0.25) is 9.59 Å². The first-order chi connectivity index (χ1) is 16.5. The molecule has 0 fully saturated rings. The number of amides is 1. The third-order valence-corrected chi connectivity index (χ3v) is 6.83. The maximum absolute atomic E-state index is 13.6. The number of aromatic amines is 1. The number of aromatic nitrogens is 2. The Morgan fingerprint density at radius 3 is 2.59 bits per heavy atom. The van der Waals surface area contributed by atoms with Crippen molar-refractivity contribution in [3.63, 3.8) is 0 Å². The Bertz CT molecular complexity index is 1300. The van der Waals surface area contributed by atoms with Gasteiger partial charge in [0.15, 0.2) is 17.7 Å². The topological polar surface area (TPSA) is 85.2 Å². The van der Waals surface area contributed by atoms with Crippen molar-refractivity contribution in [2.45, 2.75) is 31.6 Å². The molecular weight excluding hydrogens is 492 g/mol. The summed E-state index contributed by atoms with van der Waals surface area (Å²) in [6.45, 7) is 1.89. The number of nitrogens with one attached hydrogen (secondary N) is 3. The largest absolute Gasteiger partial charge is 0.362 e. The molecule has 0 spiro atoms. The standard InChI is InChI=1S/C27H23BrN4O2/c1-16-24(27(34)32-23-11-10-19(28)15-30-23)26(20-9-5-6-12-29-20)25-21(31-16)13-18(14-22(25)33)17-7-3-2-4-8-17/h2-12,15,18,26,31H,13-14H2,1H3,(H,30,32,34)/p+1. The van der Waals surface area contributed by atoms with Crippen molar-refractivity contribution in [3.05, 3.63) is 111 Å². The van der Waals surface area contributed by atoms with Gasteiger partial charge in [0.1, 0.15) is 11.7 Å². The lowest BCUT2D eigenvalue weighted by atomic mass is 9.72. The maximum atomic E-state index is 13.6. The van der Waals surface area contributed by atoms with Gasteiger partial charge in [-0.1, -0.05) is 36.4 Å². The Labute approximate surface area is 206 Å². The number of Topliss-reactive ketones (excluding diaryl/α,β-unsaturated/α-hetero) is 1. The first kappa shape index (κ1) is 22.2. The number of hydrogen-bond donors (Lipinski definition) is 2. The van der Waals surface area contributed by atoms with E-state index in [1.165, 1.54) is 0 Å². The molecule has 34 heavy (non-hydrogen) atoms. The molecule has 1 aliphatic carbocycles. The Morgan fingerprint density at radius 2 is 1.88 bits per heavy atom. The van der Waals surface area contributed by atoms with E-state index in [1.807, 2.05) is 55.6 Å². The number of halogens is 1. The first-order valence-electron chi connectivity index (χ1n) is 11.2. The molecule has 2 atom stereocenters. The summed E-state index contributed by atoms with van der Waals surface area (Å²) in [5, 5.41) is 6.31. The van der Waals surface area contributed by atoms with E-state index in [1.54, 1.807) is 12.3 Å². The van der Waals surface area contributed by atoms with Crippen molar-refractivity contribution in [1.29, 1.82) is 0 Å². The van der Waals surface area contributed by atoms with Gasteiger partial charge in [0.2, 0.25) is 0 Å². The molecular formula is C27H24BrN4O2+. The van der Waals surface area contributed by atoms with Crippen LogP contribution >= 0.6 is 15.9 Å². The average Bonchev–Trinajstić information content (AvgIpc) is 2.85. The van der Waals surface area contributed by atoms with Gasteiger partial charge in [0.25, 0.3) is 5.91 Å². The number of hydrogen-bond acceptors (Lipinski definition) is 4. The molecule has 6 nitrogen and oxygen atoms in total. The van der Waals surface area contributed by atoms with E-state index in [2.05, 4.69) is 48.7 Å². The van der Waals surface area contributed by atoms with Gasteiger partial charge in [-0.15, -0.1) is 0 Å². The summed E-state index contributed by atoms with van der Waals surface area (Å²) >= 11 is 3.36. The molecule has 3 aromatic rings. The molecule has 2 aliphatic rings. The fourth-order valence-corrected chi connectivity index (χ4v) is 5.07. The lowest BCUT2D eigenvalue weighted by Gasteiger charge is -2.35. The summed E-state index contributed by atoms with van der Waals surface area (Å²) < 4.78 is 0.826. The van der Waals surface area contributed by atoms with Gasteiger partial charge in [0.05, 0.1) is 5.57 Å². The highest BCUT2D eigenvalue weighted by Gasteiger charge is 2.43. The zero-order valence-electron chi connectivity index (χ0n) is 18.6. The van der Waals surface area contributed by atoms with Crippen LogP contribution in [0, 0.1) is 0 Å². The molecule has 3 heterocycles. The second kappa shape index (κ2) is 9.35. The quantitative estimate of drug-likeness (QED) is 0.529. The third kappa shape index (κ3) is 4.31. The molecule has 5 rings (SSSR count). The smallest absolute Gasteiger partial charge is 0.255 e. The summed E-state index contributed by atoms with van der Waals surface area (Å²) in [5.74, 6) is -0.160. The zero-order valence-corrected chi connectivity index (χ0v) is 20.2. The Balaban J connectivity index is 1.54. The molecule has 0 radical (unpaired) electrons. The second-order valence-corrected chi connectivity index (χ2v) is 9.48. The monoisotopic (exact) mass is 515 g/mol. The number of allylic oxidation sites excluding steroid dienone is 3. The highest BCUT2D eigenvalue weighted by molar-refractivity contribution is 9.10. The van der Waals surface area contributed by atoms with Gasteiger partial charge < -0.3 is 10.6 Å². The molecule has 1 aliphatic heterocycles. The van der Waals surface area contributed by atoms with Crippen LogP contribution < -0.4 is 15.6 Å². The highest BCUT2D eigenvalue weighted by atomic mass is 79.9. The van der Waals surface area contributed by atoms with Crippen molar-refractivity contribution >= 4 is 33.4 Å². The summed E-state index contributed by atoms with van der Waals surface area (Å²) in [6, 6.07) is 19.4. The Morgan fingerprint density at radius 1 is 1.09 bits per heavy atom. The predicted octanol–water partition coefficient (Wildman–Crippen LogP) is 4.66. The number of benzene rings is 1. The van der Waals surface area contributed by atoms with Gasteiger partial charge >= 0.3 is 0 Å². The van der Waals surface area contributed by atoms with Crippen LogP contribution in [-0.2, 0) is 9.59 Å². The number of carbonyl (C=O) groups is 2. The van der Waals surface area contributed by atoms with Crippen LogP contribution in [0.5, 0.6) is 0 Å². The van der Waals surface area contributed by atoms with E-state index in [0.717, 1.165) is 33.5 Å². The number of carbonyl (C=O) groups excluding carboxylic acids is 2. The van der Waals surface area contributed by atoms with Gasteiger partial charge in [-0.05, 0) is 52.9 Å². The SMILES string of the molecule is CC1=C(C(=O)Nc2ccc(Br)cn2)C(c2cccc[nH+]2)C2=C(CC(c3ccccc3)CC2=O)N1. The lowest BCUT2D eigenvalue weighted by Crippen LogP contribution is -2.38. The molecule has 1 aromatic carbocycles. The van der Waals surface area contributed by atoms with Crippen LogP contribution in [0.25, 0.3) is 0 Å². The van der Waals surface area contributed by atoms with Gasteiger partial charge in [-0.25, -0.2) is 9.97 Å². The average molecular weight is 516 g/mol. The number of pyridine rings is 2. The summed E-state index contributed by atoms with van der Waals surface area (Å²) in [5.41, 5.74) is 4.75. The highest BCUT2D eigenvalue weighted by Crippen LogP contribution is 2.44. The summed E-state index contributed by atoms with van der Waals surface area (Å²) in [6.07, 6.45) is 4.58. The molecule has 0 saturated heterocycles. The van der Waals surface area contributed by atoms with Crippen molar-refractivity contribution in [1.82, 2.24) is 10.3 Å². The van der Waals surface area contributed by atoms with Crippen molar-refractivity contribution < 1.29 is 14.6 Å². The zero-order chi connectivity index (χ0) is 23.7. The van der Waals surface area contributed by atoms with Crippen LogP contribution in [0.1, 0.15) is 42.9 Å². The van der Waals surface area contributed by atoms with Crippen LogP contribution in [0.4, 0.5) is 5.82 Å². The van der Waals surface area contributed by atoms with Crippen LogP contribution in [0.3, 0.4) is 0 Å². The van der Waals surface area contributed by atoms with Crippen molar-refractivity contribution in [2.24, 2.45) is 0 Å². The first-order valence-corrected chi connectivity index (χ1v) is 12.0. The van der Waals surface area contributed by atoms with Crippen molar-refractivity contribution in [3.8, 4) is 0 Å². The van der Waals surface area contributed by atoms with Crippen LogP contribution in [0.2, 0.25) is 0 Å². The van der Waals surface area contributed by atoms with Crippen LogP contribution in [-0.4, -0.2) is 16.7 Å². The third-order valence-electron chi connectivity index (χ3n) is 6.36. The minimum Gasteiger partial charge on any atom is -0.362 e. The summed E-state index contributed by atoms with van der Waals surface area (Å²) in [4.78, 5) is 34.6. The normalized spacial score (nSPS) is 20.0. The molecule has 7 heteroatoms. The number of nitrogens with zero attached hydrogens (tertiary/aromatic N) is 1.